The van der Waals surface area contributed by atoms with Crippen LogP contribution in [0.15, 0.2) is 30.5 Å². The number of nitrogens with one attached hydrogen (secondary N) is 4. The number of primary amides is 1. The third-order valence-electron chi connectivity index (χ3n) is 5.63. The predicted octanol–water partition coefficient (Wildman–Crippen LogP) is -1.51. The quantitative estimate of drug-likeness (QED) is 0.146. The fourth-order valence-corrected chi connectivity index (χ4v) is 3.76. The lowest BCUT2D eigenvalue weighted by Crippen LogP contribution is -2.58. The molecule has 0 fully saturated rings. The summed E-state index contributed by atoms with van der Waals surface area (Å²) in [7, 11) is 0. The van der Waals surface area contributed by atoms with Crippen LogP contribution in [-0.2, 0) is 30.4 Å². The maximum absolute atomic E-state index is 12.9. The molecule has 37 heavy (non-hydrogen) atoms. The predicted molar refractivity (Wildman–Crippen MR) is 134 cm³/mol. The number of aromatic nitrogens is 1. The monoisotopic (exact) mass is 518 g/mol. The lowest BCUT2D eigenvalue weighted by atomic mass is 10.0. The molecule has 13 nitrogen and oxygen atoms in total. The summed E-state index contributed by atoms with van der Waals surface area (Å²) in [5.74, 6) is -4.79. The molecule has 0 spiro atoms. The number of fused-ring (bicyclic) bond motifs is 1. The van der Waals surface area contributed by atoms with E-state index in [1.54, 1.807) is 18.3 Å². The summed E-state index contributed by atoms with van der Waals surface area (Å²) in [4.78, 5) is 64.3. The summed E-state index contributed by atoms with van der Waals surface area (Å²) in [6.45, 7) is 2.91. The van der Waals surface area contributed by atoms with Gasteiger partial charge < -0.3 is 42.6 Å². The number of carboxylic acids is 1. The number of para-hydroxylation sites is 1. The van der Waals surface area contributed by atoms with Gasteiger partial charge in [0, 0.05) is 23.5 Å². The van der Waals surface area contributed by atoms with E-state index in [-0.39, 0.29) is 12.3 Å². The summed E-state index contributed by atoms with van der Waals surface area (Å²) in [6.07, 6.45) is 1.25. The standard InChI is InChI=1S/C24H34N6O7/c1-12(2)7-15(25)21(33)30-19(11-31)23(35)28-17(9-20(26)32)22(34)29-18(24(36)37)8-13-10-27-16-6-4-3-5-14(13)16/h3-6,10,12,15,17-19,27,31H,7-9,11,25H2,1-2H3,(H2,26,32)(H,28,35)(H,29,34)(H,30,33)(H,36,37). The minimum Gasteiger partial charge on any atom is -0.480 e. The number of rotatable bonds is 14. The third kappa shape index (κ3) is 8.58. The van der Waals surface area contributed by atoms with E-state index in [0.717, 1.165) is 10.9 Å². The van der Waals surface area contributed by atoms with E-state index in [1.165, 1.54) is 0 Å². The number of carboxylic acid groups (broad SMARTS) is 1. The summed E-state index contributed by atoms with van der Waals surface area (Å²) in [5, 5.41) is 26.9. The first-order valence-corrected chi connectivity index (χ1v) is 11.8. The maximum atomic E-state index is 12.9. The Morgan fingerprint density at radius 3 is 2.14 bits per heavy atom. The van der Waals surface area contributed by atoms with Crippen LogP contribution in [0.2, 0.25) is 0 Å². The second kappa shape index (κ2) is 13.4. The molecule has 0 aliphatic carbocycles. The van der Waals surface area contributed by atoms with Gasteiger partial charge in [-0.25, -0.2) is 4.79 Å². The number of hydrogen-bond donors (Lipinski definition) is 8. The Balaban J connectivity index is 2.12. The van der Waals surface area contributed by atoms with E-state index in [9.17, 15) is 34.2 Å². The second-order valence-electron chi connectivity index (χ2n) is 9.17. The van der Waals surface area contributed by atoms with Gasteiger partial charge in [-0.2, -0.15) is 0 Å². The maximum Gasteiger partial charge on any atom is 0.326 e. The van der Waals surface area contributed by atoms with E-state index in [0.29, 0.717) is 12.0 Å². The van der Waals surface area contributed by atoms with Crippen molar-refractivity contribution in [3.8, 4) is 0 Å². The number of amides is 4. The molecule has 202 valence electrons. The number of benzene rings is 1. The van der Waals surface area contributed by atoms with Crippen molar-refractivity contribution in [2.75, 3.05) is 6.61 Å². The fraction of sp³-hybridized carbons (Fsp3) is 0.458. The second-order valence-corrected chi connectivity index (χ2v) is 9.17. The summed E-state index contributed by atoms with van der Waals surface area (Å²) >= 11 is 0. The smallest absolute Gasteiger partial charge is 0.326 e. The highest BCUT2D eigenvalue weighted by atomic mass is 16.4. The number of H-pyrrole nitrogens is 1. The van der Waals surface area contributed by atoms with Crippen molar-refractivity contribution < 1.29 is 34.2 Å². The Labute approximate surface area is 213 Å². The van der Waals surface area contributed by atoms with Gasteiger partial charge in [0.2, 0.25) is 23.6 Å². The first-order valence-electron chi connectivity index (χ1n) is 11.8. The van der Waals surface area contributed by atoms with Gasteiger partial charge in [-0.3, -0.25) is 19.2 Å². The number of aliphatic carboxylic acids is 1. The minimum absolute atomic E-state index is 0.0780. The number of carbonyl (C=O) groups is 5. The molecule has 10 N–H and O–H groups in total. The molecular weight excluding hydrogens is 484 g/mol. The van der Waals surface area contributed by atoms with Crippen LogP contribution in [0.1, 0.15) is 32.3 Å². The normalized spacial score (nSPS) is 14.4. The third-order valence-corrected chi connectivity index (χ3v) is 5.63. The van der Waals surface area contributed by atoms with Crippen LogP contribution in [0.3, 0.4) is 0 Å². The van der Waals surface area contributed by atoms with Crippen LogP contribution in [0, 0.1) is 5.92 Å². The number of aliphatic hydroxyl groups is 1. The molecule has 0 radical (unpaired) electrons. The van der Waals surface area contributed by atoms with Crippen molar-refractivity contribution in [1.82, 2.24) is 20.9 Å². The zero-order chi connectivity index (χ0) is 27.7. The van der Waals surface area contributed by atoms with Gasteiger partial charge in [0.25, 0.3) is 0 Å². The molecule has 2 rings (SSSR count). The van der Waals surface area contributed by atoms with Crippen molar-refractivity contribution in [3.63, 3.8) is 0 Å². The van der Waals surface area contributed by atoms with Crippen molar-refractivity contribution in [1.29, 1.82) is 0 Å². The van der Waals surface area contributed by atoms with Gasteiger partial charge in [0.05, 0.1) is 19.1 Å². The first kappa shape index (κ1) is 29.3. The van der Waals surface area contributed by atoms with Crippen molar-refractivity contribution in [2.45, 2.75) is 57.3 Å². The Bertz CT molecular complexity index is 1130. The van der Waals surface area contributed by atoms with Crippen LogP contribution in [-0.4, -0.2) is 75.6 Å². The number of carbonyl (C=O) groups excluding carboxylic acids is 4. The van der Waals surface area contributed by atoms with Crippen LogP contribution in [0.5, 0.6) is 0 Å². The lowest BCUT2D eigenvalue weighted by molar-refractivity contribution is -0.142. The molecule has 1 aromatic carbocycles. The van der Waals surface area contributed by atoms with Gasteiger partial charge in [0.15, 0.2) is 0 Å². The Morgan fingerprint density at radius 1 is 0.946 bits per heavy atom. The molecule has 0 saturated heterocycles. The Morgan fingerprint density at radius 2 is 1.54 bits per heavy atom. The summed E-state index contributed by atoms with van der Waals surface area (Å²) < 4.78 is 0. The topological polar surface area (TPSA) is 230 Å². The largest absolute Gasteiger partial charge is 0.480 e. The van der Waals surface area contributed by atoms with E-state index < -0.39 is 66.8 Å². The summed E-state index contributed by atoms with van der Waals surface area (Å²) in [5.41, 5.74) is 12.4. The number of nitrogens with two attached hydrogens (primary N) is 2. The van der Waals surface area contributed by atoms with Crippen LogP contribution in [0.25, 0.3) is 10.9 Å². The summed E-state index contributed by atoms with van der Waals surface area (Å²) in [6, 6.07) is 1.90. The Hall–Kier alpha value is -3.97. The van der Waals surface area contributed by atoms with Gasteiger partial charge in [-0.1, -0.05) is 32.0 Å². The molecule has 1 aromatic heterocycles. The molecule has 0 saturated carbocycles. The zero-order valence-electron chi connectivity index (χ0n) is 20.7. The van der Waals surface area contributed by atoms with E-state index in [4.69, 9.17) is 11.5 Å². The van der Waals surface area contributed by atoms with Crippen molar-refractivity contribution in [2.24, 2.45) is 17.4 Å². The average molecular weight is 519 g/mol. The van der Waals surface area contributed by atoms with Crippen LogP contribution in [0.4, 0.5) is 0 Å². The SMILES string of the molecule is CC(C)CC(N)C(=O)NC(CO)C(=O)NC(CC(N)=O)C(=O)NC(Cc1c[nH]c2ccccc12)C(=O)O. The van der Waals surface area contributed by atoms with Gasteiger partial charge in [-0.15, -0.1) is 0 Å². The van der Waals surface area contributed by atoms with Gasteiger partial charge in [-0.05, 0) is 24.0 Å². The highest BCUT2D eigenvalue weighted by Crippen LogP contribution is 2.19. The van der Waals surface area contributed by atoms with E-state index >= 15 is 0 Å². The molecule has 13 heteroatoms. The Kier molecular flexibility index (Phi) is 10.6. The fourth-order valence-electron chi connectivity index (χ4n) is 3.76. The minimum atomic E-state index is -1.55. The molecule has 0 bridgehead atoms. The lowest BCUT2D eigenvalue weighted by Gasteiger charge is -2.24. The number of aromatic amines is 1. The number of aliphatic hydroxyl groups excluding tert-OH is 1. The van der Waals surface area contributed by atoms with Gasteiger partial charge in [0.1, 0.15) is 18.1 Å². The molecule has 0 aliphatic rings. The highest BCUT2D eigenvalue weighted by Gasteiger charge is 2.31. The molecule has 0 aliphatic heterocycles. The van der Waals surface area contributed by atoms with E-state index in [1.807, 2.05) is 26.0 Å². The molecule has 4 amide bonds. The average Bonchev–Trinajstić information content (AvgIpc) is 3.23. The molecule has 2 aromatic rings. The zero-order valence-corrected chi connectivity index (χ0v) is 20.7. The van der Waals surface area contributed by atoms with Gasteiger partial charge >= 0.3 is 5.97 Å². The van der Waals surface area contributed by atoms with Crippen LogP contribution < -0.4 is 27.4 Å². The first-order chi connectivity index (χ1) is 17.4. The molecular formula is C24H34N6O7. The number of hydrogen-bond acceptors (Lipinski definition) is 7. The molecule has 1 heterocycles. The molecule has 4 atom stereocenters. The van der Waals surface area contributed by atoms with Crippen LogP contribution >= 0.6 is 0 Å². The van der Waals surface area contributed by atoms with Crippen molar-refractivity contribution >= 4 is 40.5 Å². The molecule has 4 unspecified atom stereocenters. The van der Waals surface area contributed by atoms with Crippen molar-refractivity contribution in [3.05, 3.63) is 36.0 Å². The highest BCUT2D eigenvalue weighted by molar-refractivity contribution is 5.96. The van der Waals surface area contributed by atoms with E-state index in [2.05, 4.69) is 20.9 Å².